The third-order valence-corrected chi connectivity index (χ3v) is 4.93. The number of hydrogen-bond acceptors (Lipinski definition) is 7. The molecule has 0 aliphatic heterocycles. The van der Waals surface area contributed by atoms with Gasteiger partial charge in [0.2, 0.25) is 0 Å². The molecule has 0 bridgehead atoms. The highest BCUT2D eigenvalue weighted by Crippen LogP contribution is 2.33. The number of nitrogens with zero attached hydrogens (tertiary/aromatic N) is 1. The van der Waals surface area contributed by atoms with Gasteiger partial charge in [-0.1, -0.05) is 18.2 Å². The predicted molar refractivity (Wildman–Crippen MR) is 109 cm³/mol. The average molecular weight is 412 g/mol. The van der Waals surface area contributed by atoms with E-state index in [9.17, 15) is 9.59 Å². The second kappa shape index (κ2) is 9.70. The van der Waals surface area contributed by atoms with E-state index in [-0.39, 0.29) is 19.1 Å². The molecule has 1 N–H and O–H groups in total. The monoisotopic (exact) mass is 412 g/mol. The lowest BCUT2D eigenvalue weighted by atomic mass is 10.2. The Balaban J connectivity index is 1.52. The molecule has 0 aliphatic carbocycles. The number of methoxy groups -OCH3 is 2. The fourth-order valence-corrected chi connectivity index (χ4v) is 3.33. The highest BCUT2D eigenvalue weighted by Gasteiger charge is 2.12. The van der Waals surface area contributed by atoms with Crippen molar-refractivity contribution in [3.8, 4) is 22.1 Å². The van der Waals surface area contributed by atoms with Crippen molar-refractivity contribution in [1.29, 1.82) is 0 Å². The number of aromatic nitrogens is 1. The molecule has 0 saturated heterocycles. The van der Waals surface area contributed by atoms with Gasteiger partial charge in [-0.15, -0.1) is 11.3 Å². The molecule has 1 amide bonds. The van der Waals surface area contributed by atoms with Gasteiger partial charge in [0.1, 0.15) is 18.2 Å². The summed E-state index contributed by atoms with van der Waals surface area (Å²) >= 11 is 1.43. The standard InChI is InChI=1S/C21H20N2O5S/c1-26-17-9-8-15(10-18(17)27-2)21-23-16(13-29-21)12-28-19(24)11-22-20(25)14-6-4-3-5-7-14/h3-10,13H,11-12H2,1-2H3,(H,22,25). The molecule has 2 aromatic carbocycles. The second-order valence-corrected chi connectivity index (χ2v) is 6.78. The van der Waals surface area contributed by atoms with Gasteiger partial charge in [0.25, 0.3) is 5.91 Å². The summed E-state index contributed by atoms with van der Waals surface area (Å²) in [4.78, 5) is 28.3. The van der Waals surface area contributed by atoms with Gasteiger partial charge < -0.3 is 19.5 Å². The van der Waals surface area contributed by atoms with E-state index in [0.29, 0.717) is 22.8 Å². The Morgan fingerprint density at radius 2 is 1.79 bits per heavy atom. The van der Waals surface area contributed by atoms with Gasteiger partial charge in [-0.2, -0.15) is 0 Å². The highest BCUT2D eigenvalue weighted by molar-refractivity contribution is 7.13. The molecular weight excluding hydrogens is 392 g/mol. The van der Waals surface area contributed by atoms with E-state index in [4.69, 9.17) is 14.2 Å². The average Bonchev–Trinajstić information content (AvgIpc) is 3.25. The molecule has 150 valence electrons. The van der Waals surface area contributed by atoms with Gasteiger partial charge in [-0.25, -0.2) is 4.98 Å². The van der Waals surface area contributed by atoms with Crippen LogP contribution in [0.5, 0.6) is 11.5 Å². The minimum atomic E-state index is -0.532. The molecule has 0 aliphatic rings. The summed E-state index contributed by atoms with van der Waals surface area (Å²) in [7, 11) is 3.15. The molecule has 3 rings (SSSR count). The van der Waals surface area contributed by atoms with Crippen molar-refractivity contribution < 1.29 is 23.8 Å². The van der Waals surface area contributed by atoms with Crippen molar-refractivity contribution in [3.63, 3.8) is 0 Å². The van der Waals surface area contributed by atoms with Crippen molar-refractivity contribution >= 4 is 23.2 Å². The van der Waals surface area contributed by atoms with Crippen LogP contribution in [0.2, 0.25) is 0 Å². The van der Waals surface area contributed by atoms with Crippen molar-refractivity contribution in [3.05, 3.63) is 65.2 Å². The van der Waals surface area contributed by atoms with Gasteiger partial charge in [-0.3, -0.25) is 9.59 Å². The van der Waals surface area contributed by atoms with Crippen molar-refractivity contribution in [1.82, 2.24) is 10.3 Å². The molecule has 0 fully saturated rings. The fourth-order valence-electron chi connectivity index (χ4n) is 2.52. The van der Waals surface area contributed by atoms with Crippen LogP contribution in [0.3, 0.4) is 0 Å². The molecule has 29 heavy (non-hydrogen) atoms. The molecular formula is C21H20N2O5S. The Bertz CT molecular complexity index is 988. The SMILES string of the molecule is COc1ccc(-c2nc(COC(=O)CNC(=O)c3ccccc3)cs2)cc1OC. The summed E-state index contributed by atoms with van der Waals surface area (Å²) in [5.74, 6) is 0.392. The number of benzene rings is 2. The van der Waals surface area contributed by atoms with Crippen LogP contribution in [-0.2, 0) is 16.1 Å². The van der Waals surface area contributed by atoms with Crippen LogP contribution < -0.4 is 14.8 Å². The van der Waals surface area contributed by atoms with Gasteiger partial charge in [0.15, 0.2) is 11.5 Å². The third-order valence-electron chi connectivity index (χ3n) is 3.99. The zero-order valence-electron chi connectivity index (χ0n) is 16.0. The summed E-state index contributed by atoms with van der Waals surface area (Å²) in [5.41, 5.74) is 1.99. The molecule has 7 nitrogen and oxygen atoms in total. The first kappa shape index (κ1) is 20.3. The summed E-state index contributed by atoms with van der Waals surface area (Å²) in [6, 6.07) is 14.2. The molecule has 8 heteroatoms. The van der Waals surface area contributed by atoms with Crippen molar-refractivity contribution in [2.75, 3.05) is 20.8 Å². The van der Waals surface area contributed by atoms with Gasteiger partial charge >= 0.3 is 5.97 Å². The summed E-state index contributed by atoms with van der Waals surface area (Å²) in [6.45, 7) is -0.176. The largest absolute Gasteiger partial charge is 0.493 e. The number of carbonyl (C=O) groups is 2. The molecule has 0 spiro atoms. The van der Waals surface area contributed by atoms with Crippen LogP contribution in [0.1, 0.15) is 16.1 Å². The number of esters is 1. The molecule has 0 saturated carbocycles. The van der Waals surface area contributed by atoms with E-state index in [1.165, 1.54) is 11.3 Å². The number of amides is 1. The first-order valence-electron chi connectivity index (χ1n) is 8.76. The quantitative estimate of drug-likeness (QED) is 0.572. The zero-order chi connectivity index (χ0) is 20.6. The maximum Gasteiger partial charge on any atom is 0.325 e. The molecule has 0 atom stereocenters. The smallest absolute Gasteiger partial charge is 0.325 e. The van der Waals surface area contributed by atoms with E-state index >= 15 is 0 Å². The van der Waals surface area contributed by atoms with E-state index < -0.39 is 5.97 Å². The Labute approximate surface area is 172 Å². The maximum absolute atomic E-state index is 11.9. The Morgan fingerprint density at radius 3 is 2.52 bits per heavy atom. The second-order valence-electron chi connectivity index (χ2n) is 5.92. The van der Waals surface area contributed by atoms with E-state index in [0.717, 1.165) is 10.6 Å². The minimum Gasteiger partial charge on any atom is -0.493 e. The number of carbonyl (C=O) groups excluding carboxylic acids is 2. The molecule has 1 heterocycles. The first-order valence-corrected chi connectivity index (χ1v) is 9.64. The lowest BCUT2D eigenvalue weighted by molar-refractivity contribution is -0.143. The van der Waals surface area contributed by atoms with Gasteiger partial charge in [0, 0.05) is 16.5 Å². The fraction of sp³-hybridized carbons (Fsp3) is 0.190. The van der Waals surface area contributed by atoms with Crippen LogP contribution in [0.25, 0.3) is 10.6 Å². The van der Waals surface area contributed by atoms with Gasteiger partial charge in [-0.05, 0) is 30.3 Å². The third kappa shape index (κ3) is 5.32. The number of thiazole rings is 1. The van der Waals surface area contributed by atoms with E-state index in [2.05, 4.69) is 10.3 Å². The maximum atomic E-state index is 11.9. The molecule has 1 aromatic heterocycles. The Kier molecular flexibility index (Phi) is 6.80. The predicted octanol–water partition coefficient (Wildman–Crippen LogP) is 3.30. The van der Waals surface area contributed by atoms with Crippen LogP contribution >= 0.6 is 11.3 Å². The van der Waals surface area contributed by atoms with Gasteiger partial charge in [0.05, 0.1) is 19.9 Å². The number of ether oxygens (including phenoxy) is 3. The van der Waals surface area contributed by atoms with E-state index in [1.54, 1.807) is 38.5 Å². The lowest BCUT2D eigenvalue weighted by Gasteiger charge is -2.08. The highest BCUT2D eigenvalue weighted by atomic mass is 32.1. The normalized spacial score (nSPS) is 10.3. The van der Waals surface area contributed by atoms with Crippen LogP contribution in [0, 0.1) is 0 Å². The Morgan fingerprint density at radius 1 is 1.03 bits per heavy atom. The molecule has 0 unspecified atom stereocenters. The van der Waals surface area contributed by atoms with Crippen molar-refractivity contribution in [2.45, 2.75) is 6.61 Å². The zero-order valence-corrected chi connectivity index (χ0v) is 16.8. The van der Waals surface area contributed by atoms with Crippen LogP contribution in [0.15, 0.2) is 53.9 Å². The molecule has 0 radical (unpaired) electrons. The summed E-state index contributed by atoms with van der Waals surface area (Å²) < 4.78 is 15.7. The number of nitrogens with one attached hydrogen (secondary N) is 1. The lowest BCUT2D eigenvalue weighted by Crippen LogP contribution is -2.30. The first-order chi connectivity index (χ1) is 14.1. The Hall–Kier alpha value is -3.39. The van der Waals surface area contributed by atoms with Crippen LogP contribution in [0.4, 0.5) is 0 Å². The number of rotatable bonds is 8. The molecule has 3 aromatic rings. The topological polar surface area (TPSA) is 86.8 Å². The van der Waals surface area contributed by atoms with Crippen LogP contribution in [-0.4, -0.2) is 37.6 Å². The number of hydrogen-bond donors (Lipinski definition) is 1. The van der Waals surface area contributed by atoms with Crippen molar-refractivity contribution in [2.24, 2.45) is 0 Å². The summed E-state index contributed by atoms with van der Waals surface area (Å²) in [6.07, 6.45) is 0. The summed E-state index contributed by atoms with van der Waals surface area (Å²) in [5, 5.41) is 5.13. The van der Waals surface area contributed by atoms with E-state index in [1.807, 2.05) is 29.6 Å². The minimum absolute atomic E-state index is 0.0316.